The minimum absolute atomic E-state index is 0.0585. The van der Waals surface area contributed by atoms with Gasteiger partial charge in [0.1, 0.15) is 6.61 Å². The number of hydrogen-bond donors (Lipinski definition) is 2. The summed E-state index contributed by atoms with van der Waals surface area (Å²) in [4.78, 5) is 35.1. The Balaban J connectivity index is 3.93. The summed E-state index contributed by atoms with van der Waals surface area (Å²) >= 11 is 0. The molecule has 9 nitrogen and oxygen atoms in total. The van der Waals surface area contributed by atoms with Gasteiger partial charge in [-0.3, -0.25) is 18.6 Å². The Kier molecular flexibility index (Phi) is 50.6. The molecule has 0 radical (unpaired) electrons. The van der Waals surface area contributed by atoms with Gasteiger partial charge in [0.2, 0.25) is 0 Å². The van der Waals surface area contributed by atoms with E-state index in [0.717, 1.165) is 32.1 Å². The first-order chi connectivity index (χ1) is 31.3. The third kappa shape index (κ3) is 50.4. The van der Waals surface area contributed by atoms with Crippen molar-refractivity contribution < 1.29 is 37.6 Å². The lowest BCUT2D eigenvalue weighted by molar-refractivity contribution is -0.161. The highest BCUT2D eigenvalue weighted by molar-refractivity contribution is 7.47. The summed E-state index contributed by atoms with van der Waals surface area (Å²) in [5, 5.41) is 0. The summed E-state index contributed by atoms with van der Waals surface area (Å²) in [5.74, 6) is -0.803. The Morgan fingerprint density at radius 2 is 0.672 bits per heavy atom. The molecule has 0 aliphatic rings. The molecular weight excluding hydrogens is 822 g/mol. The molecular formula is C54H108NO8P. The number of unbranched alkanes of at least 4 members (excludes halogenated alkanes) is 41. The number of carbonyl (C=O) groups is 2. The van der Waals surface area contributed by atoms with Crippen molar-refractivity contribution >= 4 is 19.8 Å². The van der Waals surface area contributed by atoms with E-state index in [2.05, 4.69) is 13.8 Å². The molecule has 0 aromatic rings. The van der Waals surface area contributed by atoms with Crippen molar-refractivity contribution in [2.45, 2.75) is 309 Å². The molecule has 0 aromatic carbocycles. The molecule has 3 N–H and O–H groups in total. The predicted molar refractivity (Wildman–Crippen MR) is 271 cm³/mol. The fourth-order valence-electron chi connectivity index (χ4n) is 8.58. The Hall–Kier alpha value is -0.990. The van der Waals surface area contributed by atoms with E-state index in [-0.39, 0.29) is 38.6 Å². The normalized spacial score (nSPS) is 13.0. The van der Waals surface area contributed by atoms with Crippen LogP contribution in [-0.2, 0) is 32.7 Å². The second kappa shape index (κ2) is 51.4. The van der Waals surface area contributed by atoms with Crippen molar-refractivity contribution in [2.75, 3.05) is 26.4 Å². The molecule has 2 unspecified atom stereocenters. The van der Waals surface area contributed by atoms with E-state index in [4.69, 9.17) is 24.3 Å². The summed E-state index contributed by atoms with van der Waals surface area (Å²) < 4.78 is 33.0. The lowest BCUT2D eigenvalue weighted by atomic mass is 10.0. The highest BCUT2D eigenvalue weighted by atomic mass is 31.2. The highest BCUT2D eigenvalue weighted by Crippen LogP contribution is 2.43. The number of rotatable bonds is 54. The summed E-state index contributed by atoms with van der Waals surface area (Å²) in [6, 6.07) is 0. The molecule has 0 bridgehead atoms. The van der Waals surface area contributed by atoms with Gasteiger partial charge in [-0.05, 0) is 12.8 Å². The summed E-state index contributed by atoms with van der Waals surface area (Å²) in [7, 11) is -4.38. The number of nitrogens with two attached hydrogens (primary N) is 1. The third-order valence-electron chi connectivity index (χ3n) is 12.7. The van der Waals surface area contributed by atoms with Crippen LogP contribution < -0.4 is 5.73 Å². The minimum Gasteiger partial charge on any atom is -0.462 e. The van der Waals surface area contributed by atoms with Gasteiger partial charge >= 0.3 is 19.8 Å². The molecule has 0 aromatic heterocycles. The van der Waals surface area contributed by atoms with Crippen LogP contribution >= 0.6 is 7.82 Å². The van der Waals surface area contributed by atoms with Crippen molar-refractivity contribution in [2.24, 2.45) is 5.73 Å². The number of phosphoric ester groups is 1. The Bertz CT molecular complexity index is 1020. The first-order valence-electron chi connectivity index (χ1n) is 28.0. The minimum atomic E-state index is -4.38. The van der Waals surface area contributed by atoms with Crippen LogP contribution in [0, 0.1) is 0 Å². The second-order valence-corrected chi connectivity index (χ2v) is 20.6. The maximum atomic E-state index is 12.7. The lowest BCUT2D eigenvalue weighted by Crippen LogP contribution is -2.29. The zero-order chi connectivity index (χ0) is 46.7. The lowest BCUT2D eigenvalue weighted by Gasteiger charge is -2.19. The quantitative estimate of drug-likeness (QED) is 0.0347. The van der Waals surface area contributed by atoms with E-state index < -0.39 is 26.5 Å². The van der Waals surface area contributed by atoms with Gasteiger partial charge in [0, 0.05) is 19.4 Å². The van der Waals surface area contributed by atoms with Crippen molar-refractivity contribution in [3.63, 3.8) is 0 Å². The average Bonchev–Trinajstić information content (AvgIpc) is 3.28. The Morgan fingerprint density at radius 3 is 0.953 bits per heavy atom. The van der Waals surface area contributed by atoms with Crippen LogP contribution in [0.3, 0.4) is 0 Å². The Morgan fingerprint density at radius 1 is 0.406 bits per heavy atom. The Labute approximate surface area is 397 Å². The molecule has 0 heterocycles. The predicted octanol–water partition coefficient (Wildman–Crippen LogP) is 17.1. The van der Waals surface area contributed by atoms with Gasteiger partial charge in [0.25, 0.3) is 0 Å². The van der Waals surface area contributed by atoms with Crippen LogP contribution in [0.4, 0.5) is 0 Å². The summed E-state index contributed by atoms with van der Waals surface area (Å²) in [6.07, 6.45) is 55.8. The third-order valence-corrected chi connectivity index (χ3v) is 13.7. The average molecular weight is 930 g/mol. The molecule has 10 heteroatoms. The molecule has 0 spiro atoms. The molecule has 64 heavy (non-hydrogen) atoms. The van der Waals surface area contributed by atoms with Crippen molar-refractivity contribution in [1.82, 2.24) is 0 Å². The number of esters is 2. The second-order valence-electron chi connectivity index (χ2n) is 19.2. The van der Waals surface area contributed by atoms with Gasteiger partial charge < -0.3 is 20.1 Å². The van der Waals surface area contributed by atoms with E-state index in [0.29, 0.717) is 6.42 Å². The van der Waals surface area contributed by atoms with Crippen molar-refractivity contribution in [3.8, 4) is 0 Å². The molecule has 0 amide bonds. The fraction of sp³-hybridized carbons (Fsp3) is 0.963. The van der Waals surface area contributed by atoms with E-state index in [9.17, 15) is 19.0 Å². The van der Waals surface area contributed by atoms with Gasteiger partial charge in [-0.1, -0.05) is 277 Å². The molecule has 0 saturated heterocycles. The van der Waals surface area contributed by atoms with Crippen LogP contribution in [0.2, 0.25) is 0 Å². The molecule has 0 rings (SSSR count). The largest absolute Gasteiger partial charge is 0.472 e. The van der Waals surface area contributed by atoms with E-state index >= 15 is 0 Å². The van der Waals surface area contributed by atoms with Crippen molar-refractivity contribution in [3.05, 3.63) is 0 Å². The van der Waals surface area contributed by atoms with E-state index in [1.165, 1.54) is 238 Å². The molecule has 0 fully saturated rings. The first kappa shape index (κ1) is 63.0. The number of hydrogen-bond acceptors (Lipinski definition) is 8. The molecule has 382 valence electrons. The zero-order valence-electron chi connectivity index (χ0n) is 42.6. The number of phosphoric acid groups is 1. The molecule has 2 atom stereocenters. The van der Waals surface area contributed by atoms with Crippen LogP contribution in [0.25, 0.3) is 0 Å². The smallest absolute Gasteiger partial charge is 0.462 e. The number of ether oxygens (including phenoxy) is 2. The van der Waals surface area contributed by atoms with Crippen LogP contribution in [0.15, 0.2) is 0 Å². The molecule has 0 aliphatic heterocycles. The number of carbonyl (C=O) groups excluding carboxylic acids is 2. The topological polar surface area (TPSA) is 134 Å². The first-order valence-corrected chi connectivity index (χ1v) is 29.5. The maximum absolute atomic E-state index is 12.7. The maximum Gasteiger partial charge on any atom is 0.472 e. The van der Waals surface area contributed by atoms with Gasteiger partial charge in [-0.15, -0.1) is 0 Å². The fourth-order valence-corrected chi connectivity index (χ4v) is 9.35. The van der Waals surface area contributed by atoms with E-state index in [1.54, 1.807) is 0 Å². The monoisotopic (exact) mass is 930 g/mol. The summed E-state index contributed by atoms with van der Waals surface area (Å²) in [6.45, 7) is 3.82. The molecule has 0 saturated carbocycles. The highest BCUT2D eigenvalue weighted by Gasteiger charge is 2.26. The van der Waals surface area contributed by atoms with Gasteiger partial charge in [0.15, 0.2) is 6.10 Å². The van der Waals surface area contributed by atoms with Crippen LogP contribution in [-0.4, -0.2) is 49.3 Å². The van der Waals surface area contributed by atoms with Gasteiger partial charge in [-0.2, -0.15) is 0 Å². The standard InChI is InChI=1S/C54H108NO8P/c1-3-5-7-9-11-13-15-17-19-21-23-25-27-29-31-33-35-37-39-41-43-45-47-54(57)63-52(51-62-64(58,59)61-49-48-55)50-60-53(56)46-44-42-40-38-36-34-32-30-28-26-24-22-20-18-16-14-12-10-8-6-4-2/h52H,3-51,55H2,1-2H3,(H,58,59). The van der Waals surface area contributed by atoms with Crippen LogP contribution in [0.5, 0.6) is 0 Å². The van der Waals surface area contributed by atoms with Crippen LogP contribution in [0.1, 0.15) is 303 Å². The zero-order valence-corrected chi connectivity index (χ0v) is 43.4. The van der Waals surface area contributed by atoms with E-state index in [1.807, 2.05) is 0 Å². The molecule has 0 aliphatic carbocycles. The van der Waals surface area contributed by atoms with Crippen molar-refractivity contribution in [1.29, 1.82) is 0 Å². The SMILES string of the molecule is CCCCCCCCCCCCCCCCCCCCCCCCC(=O)OC(COC(=O)CCCCCCCCCCCCCCCCCCCCCCC)COP(=O)(O)OCCN. The van der Waals surface area contributed by atoms with Gasteiger partial charge in [-0.25, -0.2) is 4.57 Å². The summed E-state index contributed by atoms with van der Waals surface area (Å²) in [5.41, 5.74) is 5.38. The van der Waals surface area contributed by atoms with Gasteiger partial charge in [0.05, 0.1) is 13.2 Å².